The third kappa shape index (κ3) is 4.81. The Labute approximate surface area is 100 Å². The summed E-state index contributed by atoms with van der Waals surface area (Å²) in [6.07, 6.45) is 3.74. The van der Waals surface area contributed by atoms with Gasteiger partial charge in [-0.15, -0.1) is 0 Å². The van der Waals surface area contributed by atoms with Gasteiger partial charge in [-0.25, -0.2) is 9.78 Å². The zero-order valence-electron chi connectivity index (χ0n) is 10.1. The Morgan fingerprint density at radius 1 is 1.53 bits per heavy atom. The maximum Gasteiger partial charge on any atom is 0.315 e. The van der Waals surface area contributed by atoms with Crippen molar-refractivity contribution in [3.63, 3.8) is 0 Å². The first-order valence-electron chi connectivity index (χ1n) is 5.66. The average molecular weight is 241 g/mol. The van der Waals surface area contributed by atoms with Gasteiger partial charge in [0.25, 0.3) is 0 Å². The number of urea groups is 1. The Morgan fingerprint density at radius 3 is 2.82 bits per heavy atom. The van der Waals surface area contributed by atoms with Gasteiger partial charge in [-0.05, 0) is 13.3 Å². The molecule has 0 fully saturated rings. The molecule has 2 atom stereocenters. The number of amides is 2. The molecular weight excluding hydrogens is 222 g/mol. The van der Waals surface area contributed by atoms with Crippen molar-refractivity contribution in [1.29, 1.82) is 0 Å². The minimum absolute atomic E-state index is 0.0542. The number of aliphatic hydroxyl groups is 1. The van der Waals surface area contributed by atoms with Crippen LogP contribution < -0.4 is 10.6 Å². The zero-order valence-corrected chi connectivity index (χ0v) is 10.1. The number of nitrogens with zero attached hydrogens (tertiary/aromatic N) is 3. The van der Waals surface area contributed by atoms with Crippen LogP contribution in [-0.4, -0.2) is 44.6 Å². The van der Waals surface area contributed by atoms with Crippen LogP contribution in [0, 0.1) is 0 Å². The van der Waals surface area contributed by atoms with E-state index in [9.17, 15) is 4.79 Å². The van der Waals surface area contributed by atoms with Gasteiger partial charge in [0.15, 0.2) is 0 Å². The molecule has 1 heterocycles. The Kier molecular flexibility index (Phi) is 5.41. The maximum atomic E-state index is 11.5. The lowest BCUT2D eigenvalue weighted by atomic mass is 10.2. The quantitative estimate of drug-likeness (QED) is 0.639. The second-order valence-electron chi connectivity index (χ2n) is 3.92. The second kappa shape index (κ2) is 6.85. The van der Waals surface area contributed by atoms with Crippen molar-refractivity contribution >= 4 is 6.03 Å². The average Bonchev–Trinajstić information content (AvgIpc) is 2.78. The van der Waals surface area contributed by atoms with Crippen LogP contribution in [0.5, 0.6) is 0 Å². The molecule has 1 rings (SSSR count). The summed E-state index contributed by atoms with van der Waals surface area (Å²) < 4.78 is 1.65. The number of hydrogen-bond donors (Lipinski definition) is 3. The molecular formula is C10H19N5O2. The lowest BCUT2D eigenvalue weighted by Gasteiger charge is -2.18. The summed E-state index contributed by atoms with van der Waals surface area (Å²) in [6, 6.07) is -0.542. The highest BCUT2D eigenvalue weighted by Gasteiger charge is 2.11. The smallest absolute Gasteiger partial charge is 0.315 e. The lowest BCUT2D eigenvalue weighted by molar-refractivity contribution is 0.211. The van der Waals surface area contributed by atoms with E-state index >= 15 is 0 Å². The van der Waals surface area contributed by atoms with Gasteiger partial charge in [-0.2, -0.15) is 5.10 Å². The van der Waals surface area contributed by atoms with Crippen LogP contribution in [0.4, 0.5) is 4.79 Å². The van der Waals surface area contributed by atoms with Gasteiger partial charge >= 0.3 is 6.03 Å². The number of nitrogens with one attached hydrogen (secondary N) is 2. The Hall–Kier alpha value is -1.63. The van der Waals surface area contributed by atoms with E-state index in [1.165, 1.54) is 6.33 Å². The number of carbonyl (C=O) groups excluding carboxylic acids is 1. The van der Waals surface area contributed by atoms with Crippen molar-refractivity contribution in [3.8, 4) is 0 Å². The first-order valence-corrected chi connectivity index (χ1v) is 5.66. The number of rotatable bonds is 6. The van der Waals surface area contributed by atoms with E-state index in [4.69, 9.17) is 5.11 Å². The Bertz CT molecular complexity index is 323. The molecule has 2 unspecified atom stereocenters. The maximum absolute atomic E-state index is 11.5. The van der Waals surface area contributed by atoms with Gasteiger partial charge in [0, 0.05) is 6.04 Å². The fraction of sp³-hybridized carbons (Fsp3) is 0.700. The molecule has 0 saturated heterocycles. The van der Waals surface area contributed by atoms with Crippen LogP contribution in [0.2, 0.25) is 0 Å². The van der Waals surface area contributed by atoms with Gasteiger partial charge in [0.1, 0.15) is 12.7 Å². The van der Waals surface area contributed by atoms with Gasteiger partial charge in [0.2, 0.25) is 0 Å². The fourth-order valence-corrected chi connectivity index (χ4v) is 1.38. The van der Waals surface area contributed by atoms with Crippen molar-refractivity contribution in [2.24, 2.45) is 0 Å². The highest BCUT2D eigenvalue weighted by molar-refractivity contribution is 5.74. The number of aliphatic hydroxyl groups excluding tert-OH is 1. The molecule has 0 spiro atoms. The van der Waals surface area contributed by atoms with E-state index in [0.29, 0.717) is 13.0 Å². The number of carbonyl (C=O) groups is 1. The van der Waals surface area contributed by atoms with Gasteiger partial charge in [-0.1, -0.05) is 6.92 Å². The largest absolute Gasteiger partial charge is 0.394 e. The molecule has 0 radical (unpaired) electrons. The first-order chi connectivity index (χ1) is 8.15. The molecule has 7 nitrogen and oxygen atoms in total. The molecule has 96 valence electrons. The standard InChI is InChI=1S/C10H19N5O2/c1-3-9(5-16)14-10(17)13-8(2)4-15-7-11-6-12-15/h6-9,16H,3-5H2,1-2H3,(H2,13,14,17). The molecule has 0 aliphatic heterocycles. The molecule has 17 heavy (non-hydrogen) atoms. The summed E-state index contributed by atoms with van der Waals surface area (Å²) in [5.74, 6) is 0. The second-order valence-corrected chi connectivity index (χ2v) is 3.92. The molecule has 1 aromatic rings. The third-order valence-electron chi connectivity index (χ3n) is 2.35. The van der Waals surface area contributed by atoms with Crippen molar-refractivity contribution < 1.29 is 9.90 Å². The topological polar surface area (TPSA) is 92.1 Å². The van der Waals surface area contributed by atoms with Crippen LogP contribution in [0.3, 0.4) is 0 Å². The highest BCUT2D eigenvalue weighted by Crippen LogP contribution is 1.91. The first kappa shape index (κ1) is 13.4. The van der Waals surface area contributed by atoms with E-state index < -0.39 is 0 Å². The molecule has 2 amide bonds. The van der Waals surface area contributed by atoms with Crippen LogP contribution >= 0.6 is 0 Å². The Balaban J connectivity index is 2.30. The van der Waals surface area contributed by atoms with E-state index in [1.807, 2.05) is 13.8 Å². The molecule has 0 bridgehead atoms. The summed E-state index contributed by atoms with van der Waals surface area (Å²) in [7, 11) is 0. The predicted molar refractivity (Wildman–Crippen MR) is 62.3 cm³/mol. The highest BCUT2D eigenvalue weighted by atomic mass is 16.3. The molecule has 0 aromatic carbocycles. The van der Waals surface area contributed by atoms with Crippen molar-refractivity contribution in [2.45, 2.75) is 38.9 Å². The summed E-state index contributed by atoms with van der Waals surface area (Å²) in [4.78, 5) is 15.4. The van der Waals surface area contributed by atoms with Crippen LogP contribution in [0.1, 0.15) is 20.3 Å². The van der Waals surface area contributed by atoms with Crippen LogP contribution in [-0.2, 0) is 6.54 Å². The van der Waals surface area contributed by atoms with Gasteiger partial charge in [0.05, 0.1) is 19.2 Å². The van der Waals surface area contributed by atoms with Crippen molar-refractivity contribution in [3.05, 3.63) is 12.7 Å². The fourth-order valence-electron chi connectivity index (χ4n) is 1.38. The lowest BCUT2D eigenvalue weighted by Crippen LogP contribution is -2.47. The van der Waals surface area contributed by atoms with E-state index in [0.717, 1.165) is 0 Å². The summed E-state index contributed by atoms with van der Waals surface area (Å²) in [5.41, 5.74) is 0. The summed E-state index contributed by atoms with van der Waals surface area (Å²) in [6.45, 7) is 4.28. The minimum atomic E-state index is -0.279. The molecule has 3 N–H and O–H groups in total. The molecule has 0 aliphatic carbocycles. The zero-order chi connectivity index (χ0) is 12.7. The van der Waals surface area contributed by atoms with E-state index in [2.05, 4.69) is 20.7 Å². The molecule has 1 aromatic heterocycles. The molecule has 0 saturated carbocycles. The molecule has 7 heteroatoms. The van der Waals surface area contributed by atoms with Crippen molar-refractivity contribution in [2.75, 3.05) is 6.61 Å². The third-order valence-corrected chi connectivity index (χ3v) is 2.35. The summed E-state index contributed by atoms with van der Waals surface area (Å²) in [5, 5.41) is 18.4. The molecule has 0 aliphatic rings. The number of aromatic nitrogens is 3. The van der Waals surface area contributed by atoms with Gasteiger partial charge < -0.3 is 15.7 Å². The summed E-state index contributed by atoms with van der Waals surface area (Å²) >= 11 is 0. The number of hydrogen-bond acceptors (Lipinski definition) is 4. The van der Waals surface area contributed by atoms with Crippen molar-refractivity contribution in [1.82, 2.24) is 25.4 Å². The predicted octanol–water partition coefficient (Wildman–Crippen LogP) is -0.263. The SMILES string of the molecule is CCC(CO)NC(=O)NC(C)Cn1cncn1. The Morgan fingerprint density at radius 2 is 2.29 bits per heavy atom. The van der Waals surface area contributed by atoms with E-state index in [1.54, 1.807) is 11.0 Å². The van der Waals surface area contributed by atoms with Crippen LogP contribution in [0.15, 0.2) is 12.7 Å². The van der Waals surface area contributed by atoms with Gasteiger partial charge in [-0.3, -0.25) is 4.68 Å². The van der Waals surface area contributed by atoms with E-state index in [-0.39, 0.29) is 24.7 Å². The minimum Gasteiger partial charge on any atom is -0.394 e. The monoisotopic (exact) mass is 241 g/mol. The van der Waals surface area contributed by atoms with Crippen LogP contribution in [0.25, 0.3) is 0 Å². The normalized spacial score (nSPS) is 14.1.